The van der Waals surface area contributed by atoms with E-state index in [9.17, 15) is 0 Å². The molecule has 40 heavy (non-hydrogen) atoms. The number of para-hydroxylation sites is 1. The molecule has 0 atom stereocenters. The van der Waals surface area contributed by atoms with Gasteiger partial charge >= 0.3 is 0 Å². The average molecular weight is 522 g/mol. The monoisotopic (exact) mass is 521 g/mol. The molecule has 6 aromatic rings. The number of hydrogen-bond acceptors (Lipinski definition) is 5. The number of rotatable bonds is 5. The molecule has 6 rings (SSSR count). The van der Waals surface area contributed by atoms with E-state index in [4.69, 9.17) is 4.98 Å². The highest BCUT2D eigenvalue weighted by atomic mass is 15.1. The SMILES string of the molecule is Cc1ccc(N=Nc2cc3c(cc2C)nc2cc(C)c(N=Nc4ccc(C)cc4)cc2[n+]3-c2ccccc2)cc1. The second-order valence-corrected chi connectivity index (χ2v) is 10.1. The first kappa shape index (κ1) is 25.2. The minimum atomic E-state index is 0.797. The van der Waals surface area contributed by atoms with Gasteiger partial charge in [-0.2, -0.15) is 20.5 Å². The Morgan fingerprint density at radius 1 is 0.500 bits per heavy atom. The van der Waals surface area contributed by atoms with E-state index >= 15 is 0 Å². The zero-order chi connectivity index (χ0) is 27.6. The van der Waals surface area contributed by atoms with Gasteiger partial charge in [-0.15, -0.1) is 4.57 Å². The maximum Gasteiger partial charge on any atom is 0.239 e. The van der Waals surface area contributed by atoms with Gasteiger partial charge in [-0.05, 0) is 75.2 Å². The van der Waals surface area contributed by atoms with E-state index in [1.54, 1.807) is 0 Å². The Hall–Kier alpha value is -5.10. The van der Waals surface area contributed by atoms with Crippen LogP contribution in [0.25, 0.3) is 27.8 Å². The summed E-state index contributed by atoms with van der Waals surface area (Å²) in [7, 11) is 0. The van der Waals surface area contributed by atoms with Gasteiger partial charge in [0.15, 0.2) is 0 Å². The van der Waals surface area contributed by atoms with Crippen molar-refractivity contribution in [2.45, 2.75) is 27.7 Å². The van der Waals surface area contributed by atoms with E-state index in [2.05, 4.69) is 75.3 Å². The molecule has 0 bridgehead atoms. The summed E-state index contributed by atoms with van der Waals surface area (Å²) in [4.78, 5) is 5.06. The van der Waals surface area contributed by atoms with Crippen molar-refractivity contribution in [3.63, 3.8) is 0 Å². The molecule has 5 aromatic carbocycles. The number of aromatic nitrogens is 2. The molecule has 0 fully saturated rings. The number of fused-ring (bicyclic) bond motifs is 2. The Kier molecular flexibility index (Phi) is 6.66. The Balaban J connectivity index is 1.54. The summed E-state index contributed by atoms with van der Waals surface area (Å²) in [6.07, 6.45) is 0. The number of aryl methyl sites for hydroxylation is 4. The summed E-state index contributed by atoms with van der Waals surface area (Å²) in [6, 6.07) is 34.6. The fraction of sp³-hybridized carbons (Fsp3) is 0.118. The predicted octanol–water partition coefficient (Wildman–Crippen LogP) is 9.73. The minimum absolute atomic E-state index is 0.797. The van der Waals surface area contributed by atoms with Gasteiger partial charge in [0.05, 0.1) is 22.7 Å². The lowest BCUT2D eigenvalue weighted by Crippen LogP contribution is -2.33. The highest BCUT2D eigenvalue weighted by molar-refractivity contribution is 5.87. The van der Waals surface area contributed by atoms with E-state index < -0.39 is 0 Å². The molecule has 0 amide bonds. The molecule has 0 spiro atoms. The van der Waals surface area contributed by atoms with Crippen LogP contribution in [-0.2, 0) is 0 Å². The third kappa shape index (κ3) is 5.12. The molecular weight excluding hydrogens is 492 g/mol. The maximum absolute atomic E-state index is 5.06. The quantitative estimate of drug-likeness (QED) is 0.126. The van der Waals surface area contributed by atoms with Crippen LogP contribution < -0.4 is 4.57 Å². The van der Waals surface area contributed by atoms with E-state index in [-0.39, 0.29) is 0 Å². The number of azo groups is 2. The molecule has 0 aliphatic carbocycles. The van der Waals surface area contributed by atoms with Crippen LogP contribution in [0.4, 0.5) is 22.7 Å². The molecule has 194 valence electrons. The summed E-state index contributed by atoms with van der Waals surface area (Å²) in [6.45, 7) is 8.21. The standard InChI is InChI=1S/C34H29N6/c1-22-10-14-26(15-11-22)36-38-29-20-33-31(18-24(29)3)35-32-19-25(4)30(39-37-27-16-12-23(2)13-17-27)21-34(32)40(33)28-8-6-5-7-9-28/h5-21H,1-4H3/q+1. The predicted molar refractivity (Wildman–Crippen MR) is 161 cm³/mol. The summed E-state index contributed by atoms with van der Waals surface area (Å²) in [5.41, 5.74) is 12.3. The van der Waals surface area contributed by atoms with Crippen LogP contribution in [-0.4, -0.2) is 4.98 Å². The Bertz CT molecular complexity index is 1790. The second-order valence-electron chi connectivity index (χ2n) is 10.1. The zero-order valence-electron chi connectivity index (χ0n) is 23.0. The largest absolute Gasteiger partial charge is 0.239 e. The summed E-state index contributed by atoms with van der Waals surface area (Å²) in [5, 5.41) is 18.2. The van der Waals surface area contributed by atoms with E-state index in [1.165, 1.54) is 11.1 Å². The first-order valence-corrected chi connectivity index (χ1v) is 13.3. The first-order valence-electron chi connectivity index (χ1n) is 13.3. The lowest BCUT2D eigenvalue weighted by Gasteiger charge is -2.09. The highest BCUT2D eigenvalue weighted by Crippen LogP contribution is 2.31. The molecule has 0 N–H and O–H groups in total. The smallest absolute Gasteiger partial charge is 0.235 e. The molecular formula is C34H29N6+. The zero-order valence-corrected chi connectivity index (χ0v) is 23.0. The third-order valence-electron chi connectivity index (χ3n) is 6.94. The van der Waals surface area contributed by atoms with Crippen molar-refractivity contribution >= 4 is 44.8 Å². The van der Waals surface area contributed by atoms with Gasteiger partial charge in [-0.1, -0.05) is 53.6 Å². The van der Waals surface area contributed by atoms with Gasteiger partial charge in [0.2, 0.25) is 16.7 Å². The van der Waals surface area contributed by atoms with Crippen LogP contribution >= 0.6 is 0 Å². The summed E-state index contributed by atoms with van der Waals surface area (Å²) < 4.78 is 2.21. The third-order valence-corrected chi connectivity index (χ3v) is 6.94. The van der Waals surface area contributed by atoms with E-state index in [1.807, 2.05) is 80.6 Å². The Morgan fingerprint density at radius 2 is 0.950 bits per heavy atom. The van der Waals surface area contributed by atoms with Crippen molar-refractivity contribution < 1.29 is 4.57 Å². The van der Waals surface area contributed by atoms with Gasteiger partial charge in [0.1, 0.15) is 11.0 Å². The fourth-order valence-corrected chi connectivity index (χ4v) is 4.65. The van der Waals surface area contributed by atoms with Gasteiger partial charge in [-0.3, -0.25) is 0 Å². The molecule has 0 unspecified atom stereocenters. The normalized spacial score (nSPS) is 11.8. The summed E-state index contributed by atoms with van der Waals surface area (Å²) in [5.74, 6) is 0. The Morgan fingerprint density at radius 3 is 1.40 bits per heavy atom. The van der Waals surface area contributed by atoms with Crippen molar-refractivity contribution in [3.8, 4) is 5.69 Å². The van der Waals surface area contributed by atoms with Crippen LogP contribution in [0.2, 0.25) is 0 Å². The number of benzene rings is 5. The van der Waals surface area contributed by atoms with Crippen LogP contribution in [0.3, 0.4) is 0 Å². The van der Waals surface area contributed by atoms with Gasteiger partial charge < -0.3 is 0 Å². The van der Waals surface area contributed by atoms with E-state index in [0.717, 1.165) is 61.6 Å². The lowest BCUT2D eigenvalue weighted by atomic mass is 10.1. The number of nitrogens with zero attached hydrogens (tertiary/aromatic N) is 6. The van der Waals surface area contributed by atoms with Crippen LogP contribution in [0.15, 0.2) is 124 Å². The van der Waals surface area contributed by atoms with Crippen molar-refractivity contribution in [2.24, 2.45) is 20.5 Å². The van der Waals surface area contributed by atoms with Gasteiger partial charge in [0, 0.05) is 24.3 Å². The van der Waals surface area contributed by atoms with Crippen molar-refractivity contribution in [2.75, 3.05) is 0 Å². The summed E-state index contributed by atoms with van der Waals surface area (Å²) >= 11 is 0. The lowest BCUT2D eigenvalue weighted by molar-refractivity contribution is -0.538. The van der Waals surface area contributed by atoms with Gasteiger partial charge in [0.25, 0.3) is 0 Å². The highest BCUT2D eigenvalue weighted by Gasteiger charge is 2.22. The maximum atomic E-state index is 5.06. The first-order chi connectivity index (χ1) is 19.4. The molecule has 0 saturated heterocycles. The average Bonchev–Trinajstić information content (AvgIpc) is 2.96. The number of hydrogen-bond donors (Lipinski definition) is 0. The molecule has 0 radical (unpaired) electrons. The van der Waals surface area contributed by atoms with Crippen molar-refractivity contribution in [1.29, 1.82) is 0 Å². The Labute approximate surface area is 233 Å². The fourth-order valence-electron chi connectivity index (χ4n) is 4.65. The molecule has 1 heterocycles. The molecule has 1 aromatic heterocycles. The van der Waals surface area contributed by atoms with Crippen LogP contribution in [0.1, 0.15) is 22.3 Å². The van der Waals surface area contributed by atoms with Crippen molar-refractivity contribution in [1.82, 2.24) is 4.98 Å². The molecule has 0 aliphatic rings. The van der Waals surface area contributed by atoms with Crippen LogP contribution in [0.5, 0.6) is 0 Å². The van der Waals surface area contributed by atoms with Crippen LogP contribution in [0, 0.1) is 27.7 Å². The molecule has 6 nitrogen and oxygen atoms in total. The molecule has 0 saturated carbocycles. The second kappa shape index (κ2) is 10.6. The van der Waals surface area contributed by atoms with E-state index in [0.29, 0.717) is 0 Å². The molecule has 6 heteroatoms. The van der Waals surface area contributed by atoms with Crippen molar-refractivity contribution in [3.05, 3.63) is 125 Å². The topological polar surface area (TPSA) is 66.2 Å². The molecule has 0 aliphatic heterocycles. The minimum Gasteiger partial charge on any atom is -0.235 e. The van der Waals surface area contributed by atoms with Gasteiger partial charge in [-0.25, -0.2) is 4.98 Å².